The van der Waals surface area contributed by atoms with E-state index in [2.05, 4.69) is 10.2 Å². The highest BCUT2D eigenvalue weighted by Crippen LogP contribution is 2.33. The van der Waals surface area contributed by atoms with E-state index in [4.69, 9.17) is 19.3 Å². The van der Waals surface area contributed by atoms with Crippen molar-refractivity contribution in [2.45, 2.75) is 40.0 Å². The van der Waals surface area contributed by atoms with Crippen LogP contribution < -0.4 is 9.47 Å². The van der Waals surface area contributed by atoms with Crippen molar-refractivity contribution in [3.8, 4) is 23.0 Å². The number of carbonyl (C=O) groups is 1. The zero-order valence-corrected chi connectivity index (χ0v) is 20.2. The van der Waals surface area contributed by atoms with Gasteiger partial charge in [0.1, 0.15) is 30.1 Å². The first kappa shape index (κ1) is 24.0. The summed E-state index contributed by atoms with van der Waals surface area (Å²) in [6, 6.07) is 17.9. The first-order valence-corrected chi connectivity index (χ1v) is 11.4. The van der Waals surface area contributed by atoms with Gasteiger partial charge in [0, 0.05) is 19.9 Å². The molecule has 0 atom stereocenters. The lowest BCUT2D eigenvalue weighted by Crippen LogP contribution is -2.10. The molecular formula is C26H29N5O4. The average Bonchev–Trinajstić information content (AvgIpc) is 3.44. The van der Waals surface area contributed by atoms with Crippen LogP contribution in [0.4, 0.5) is 0 Å². The van der Waals surface area contributed by atoms with Crippen LogP contribution in [0.2, 0.25) is 0 Å². The SMILES string of the molecule is COc1ccc(Cn2cnnc2-c2c(OCc3ccccc3)c(C)nn2CCCOC(C)=O)cc1. The summed E-state index contributed by atoms with van der Waals surface area (Å²) in [5.41, 5.74) is 3.63. The van der Waals surface area contributed by atoms with Crippen molar-refractivity contribution < 1.29 is 19.0 Å². The molecule has 2 heterocycles. The minimum atomic E-state index is -0.298. The number of hydrogen-bond donors (Lipinski definition) is 0. The predicted octanol–water partition coefficient (Wildman–Crippen LogP) is 4.04. The summed E-state index contributed by atoms with van der Waals surface area (Å²) in [4.78, 5) is 11.2. The van der Waals surface area contributed by atoms with Gasteiger partial charge >= 0.3 is 5.97 Å². The quantitative estimate of drug-likeness (QED) is 0.239. The van der Waals surface area contributed by atoms with E-state index >= 15 is 0 Å². The molecule has 0 saturated heterocycles. The van der Waals surface area contributed by atoms with Crippen molar-refractivity contribution in [1.29, 1.82) is 0 Å². The molecule has 0 radical (unpaired) electrons. The zero-order valence-electron chi connectivity index (χ0n) is 20.2. The van der Waals surface area contributed by atoms with E-state index in [9.17, 15) is 4.79 Å². The molecule has 4 rings (SSSR count). The second-order valence-electron chi connectivity index (χ2n) is 8.08. The molecule has 0 unspecified atom stereocenters. The first-order chi connectivity index (χ1) is 17.0. The van der Waals surface area contributed by atoms with Crippen LogP contribution in [0.5, 0.6) is 11.5 Å². The van der Waals surface area contributed by atoms with E-state index in [-0.39, 0.29) is 5.97 Å². The monoisotopic (exact) mass is 475 g/mol. The van der Waals surface area contributed by atoms with Gasteiger partial charge in [-0.2, -0.15) is 5.10 Å². The molecule has 0 N–H and O–H groups in total. The predicted molar refractivity (Wildman–Crippen MR) is 130 cm³/mol. The van der Waals surface area contributed by atoms with E-state index in [0.29, 0.717) is 44.3 Å². The zero-order chi connectivity index (χ0) is 24.6. The second kappa shape index (κ2) is 11.3. The smallest absolute Gasteiger partial charge is 0.302 e. The molecule has 0 bridgehead atoms. The molecule has 0 aliphatic rings. The van der Waals surface area contributed by atoms with Gasteiger partial charge in [-0.3, -0.25) is 9.48 Å². The molecule has 35 heavy (non-hydrogen) atoms. The molecule has 9 nitrogen and oxygen atoms in total. The summed E-state index contributed by atoms with van der Waals surface area (Å²) >= 11 is 0. The number of aryl methyl sites for hydroxylation is 2. The molecule has 0 amide bonds. The van der Waals surface area contributed by atoms with Crippen molar-refractivity contribution in [1.82, 2.24) is 24.5 Å². The molecule has 0 aliphatic carbocycles. The fraction of sp³-hybridized carbons (Fsp3) is 0.308. The van der Waals surface area contributed by atoms with Gasteiger partial charge in [0.05, 0.1) is 20.3 Å². The summed E-state index contributed by atoms with van der Waals surface area (Å²) < 4.78 is 20.5. The minimum absolute atomic E-state index is 0.298. The fourth-order valence-corrected chi connectivity index (χ4v) is 3.76. The molecule has 182 valence electrons. The topological polar surface area (TPSA) is 93.3 Å². The highest BCUT2D eigenvalue weighted by atomic mass is 16.5. The molecule has 9 heteroatoms. The number of methoxy groups -OCH3 is 1. The standard InChI is InChI=1S/C26H29N5O4/c1-19-25(35-17-22-8-5-4-6-9-22)24(31(29-19)14-7-15-34-20(2)32)26-28-27-18-30(26)16-21-10-12-23(33-3)13-11-21/h4-6,8-13,18H,7,14-17H2,1-3H3. The van der Waals surface area contributed by atoms with Crippen molar-refractivity contribution >= 4 is 5.97 Å². The fourth-order valence-electron chi connectivity index (χ4n) is 3.76. The Morgan fingerprint density at radius 1 is 1.03 bits per heavy atom. The van der Waals surface area contributed by atoms with Gasteiger partial charge < -0.3 is 18.8 Å². The first-order valence-electron chi connectivity index (χ1n) is 11.4. The van der Waals surface area contributed by atoms with Crippen LogP contribution in [-0.4, -0.2) is 44.2 Å². The van der Waals surface area contributed by atoms with Crippen LogP contribution >= 0.6 is 0 Å². The van der Waals surface area contributed by atoms with Gasteiger partial charge in [0.2, 0.25) is 0 Å². The number of hydrogen-bond acceptors (Lipinski definition) is 7. The van der Waals surface area contributed by atoms with Gasteiger partial charge in [-0.1, -0.05) is 42.5 Å². The van der Waals surface area contributed by atoms with Gasteiger partial charge in [0.25, 0.3) is 0 Å². The van der Waals surface area contributed by atoms with Crippen molar-refractivity contribution in [2.75, 3.05) is 13.7 Å². The lowest BCUT2D eigenvalue weighted by Gasteiger charge is -2.13. The van der Waals surface area contributed by atoms with Crippen molar-refractivity contribution in [2.24, 2.45) is 0 Å². The second-order valence-corrected chi connectivity index (χ2v) is 8.08. The van der Waals surface area contributed by atoms with Crippen LogP contribution in [0.3, 0.4) is 0 Å². The summed E-state index contributed by atoms with van der Waals surface area (Å²) in [6.07, 6.45) is 2.31. The lowest BCUT2D eigenvalue weighted by molar-refractivity contribution is -0.141. The molecule has 0 aliphatic heterocycles. The Balaban J connectivity index is 1.64. The highest BCUT2D eigenvalue weighted by Gasteiger charge is 2.23. The molecule has 2 aromatic carbocycles. The van der Waals surface area contributed by atoms with Crippen molar-refractivity contribution in [3.05, 3.63) is 77.7 Å². The lowest BCUT2D eigenvalue weighted by atomic mass is 10.2. The maximum atomic E-state index is 11.2. The average molecular weight is 476 g/mol. The highest BCUT2D eigenvalue weighted by molar-refractivity contribution is 5.65. The number of benzene rings is 2. The molecule has 0 fully saturated rings. The summed E-state index contributed by atoms with van der Waals surface area (Å²) in [5.74, 6) is 1.81. The van der Waals surface area contributed by atoms with E-state index in [1.807, 2.05) is 70.8 Å². The number of ether oxygens (including phenoxy) is 3. The van der Waals surface area contributed by atoms with Crippen LogP contribution in [0, 0.1) is 6.92 Å². The number of carbonyl (C=O) groups excluding carboxylic acids is 1. The van der Waals surface area contributed by atoms with E-state index in [0.717, 1.165) is 28.3 Å². The van der Waals surface area contributed by atoms with Gasteiger partial charge in [-0.05, 0) is 30.2 Å². The summed E-state index contributed by atoms with van der Waals surface area (Å²) in [7, 11) is 1.65. The molecule has 0 spiro atoms. The minimum Gasteiger partial charge on any atom is -0.497 e. The Hall–Kier alpha value is -4.14. The maximum Gasteiger partial charge on any atom is 0.302 e. The third kappa shape index (κ3) is 6.06. The summed E-state index contributed by atoms with van der Waals surface area (Å²) in [5, 5.41) is 13.3. The third-order valence-electron chi connectivity index (χ3n) is 5.46. The molecule has 4 aromatic rings. The van der Waals surface area contributed by atoms with E-state index < -0.39 is 0 Å². The van der Waals surface area contributed by atoms with Gasteiger partial charge in [-0.15, -0.1) is 10.2 Å². The Labute approximate surface area is 204 Å². The van der Waals surface area contributed by atoms with Crippen LogP contribution in [0.25, 0.3) is 11.5 Å². The van der Waals surface area contributed by atoms with E-state index in [1.165, 1.54) is 6.92 Å². The van der Waals surface area contributed by atoms with E-state index in [1.54, 1.807) is 13.4 Å². The summed E-state index contributed by atoms with van der Waals surface area (Å²) in [6.45, 7) is 5.14. The Morgan fingerprint density at radius 3 is 2.51 bits per heavy atom. The molecular weight excluding hydrogens is 446 g/mol. The normalized spacial score (nSPS) is 10.8. The van der Waals surface area contributed by atoms with Crippen LogP contribution in [0.15, 0.2) is 60.9 Å². The Bertz CT molecular complexity index is 1250. The number of rotatable bonds is 11. The Kier molecular flexibility index (Phi) is 7.77. The van der Waals surface area contributed by atoms with Crippen LogP contribution in [0.1, 0.15) is 30.2 Å². The Morgan fingerprint density at radius 2 is 1.80 bits per heavy atom. The molecule has 2 aromatic heterocycles. The number of nitrogens with zero attached hydrogens (tertiary/aromatic N) is 5. The van der Waals surface area contributed by atoms with Crippen molar-refractivity contribution in [3.63, 3.8) is 0 Å². The third-order valence-corrected chi connectivity index (χ3v) is 5.46. The maximum absolute atomic E-state index is 11.2. The van der Waals surface area contributed by atoms with Gasteiger partial charge in [0.15, 0.2) is 11.6 Å². The number of aromatic nitrogens is 5. The largest absolute Gasteiger partial charge is 0.497 e. The van der Waals surface area contributed by atoms with Crippen LogP contribution in [-0.2, 0) is 29.2 Å². The number of esters is 1. The van der Waals surface area contributed by atoms with Gasteiger partial charge in [-0.25, -0.2) is 0 Å². The molecule has 0 saturated carbocycles.